The van der Waals surface area contributed by atoms with E-state index < -0.39 is 5.97 Å². The molecule has 1 N–H and O–H groups in total. The third kappa shape index (κ3) is 4.43. The summed E-state index contributed by atoms with van der Waals surface area (Å²) in [4.78, 5) is 22.4. The normalized spacial score (nSPS) is 11.2. The Labute approximate surface area is 170 Å². The van der Waals surface area contributed by atoms with Gasteiger partial charge in [0.05, 0.1) is 11.1 Å². The molecule has 0 aliphatic carbocycles. The summed E-state index contributed by atoms with van der Waals surface area (Å²) in [6.07, 6.45) is 1.52. The largest absolute Gasteiger partial charge is 0.478 e. The van der Waals surface area contributed by atoms with E-state index in [0.29, 0.717) is 23.0 Å². The number of nitrogens with zero attached hydrogens (tertiary/aromatic N) is 3. The molecule has 6 nitrogen and oxygen atoms in total. The number of carbonyl (C=O) groups is 1. The number of rotatable bonds is 6. The van der Waals surface area contributed by atoms with Gasteiger partial charge in [0, 0.05) is 14.1 Å². The molecule has 29 heavy (non-hydrogen) atoms. The molecule has 0 aliphatic heterocycles. The molecule has 0 saturated carbocycles. The predicted octanol–water partition coefficient (Wildman–Crippen LogP) is 4.80. The maximum Gasteiger partial charge on any atom is 0.336 e. The third-order valence-electron chi connectivity index (χ3n) is 4.34. The van der Waals surface area contributed by atoms with Gasteiger partial charge in [-0.05, 0) is 37.1 Å². The van der Waals surface area contributed by atoms with Gasteiger partial charge >= 0.3 is 5.97 Å². The topological polar surface area (TPSA) is 75.5 Å². The van der Waals surface area contributed by atoms with Crippen LogP contribution in [0.3, 0.4) is 0 Å². The molecule has 0 unspecified atom stereocenters. The van der Waals surface area contributed by atoms with Crippen LogP contribution in [0.4, 0.5) is 5.82 Å². The molecule has 2 aromatic carbocycles. The van der Waals surface area contributed by atoms with Crippen LogP contribution in [0.5, 0.6) is 11.6 Å². The van der Waals surface area contributed by atoms with Gasteiger partial charge in [0.2, 0.25) is 5.88 Å². The van der Waals surface area contributed by atoms with E-state index in [1.165, 1.54) is 6.08 Å². The van der Waals surface area contributed by atoms with Crippen LogP contribution in [-0.4, -0.2) is 35.1 Å². The molecule has 3 rings (SSSR count). The van der Waals surface area contributed by atoms with Gasteiger partial charge < -0.3 is 14.7 Å². The number of carboxylic acid groups (broad SMARTS) is 1. The van der Waals surface area contributed by atoms with E-state index in [9.17, 15) is 9.90 Å². The third-order valence-corrected chi connectivity index (χ3v) is 4.34. The molecular formula is C23H23N3O3. The Morgan fingerprint density at radius 3 is 2.34 bits per heavy atom. The van der Waals surface area contributed by atoms with Crippen LogP contribution < -0.4 is 9.64 Å². The molecule has 0 amide bonds. The number of benzene rings is 2. The second-order valence-electron chi connectivity index (χ2n) is 6.67. The Morgan fingerprint density at radius 1 is 1.03 bits per heavy atom. The molecule has 148 valence electrons. The fraction of sp³-hybridized carbons (Fsp3) is 0.174. The molecule has 0 atom stereocenters. The molecular weight excluding hydrogens is 366 g/mol. The smallest absolute Gasteiger partial charge is 0.336 e. The second-order valence-corrected chi connectivity index (χ2v) is 6.67. The average Bonchev–Trinajstić information content (AvgIpc) is 2.70. The van der Waals surface area contributed by atoms with E-state index in [0.717, 1.165) is 11.1 Å². The summed E-state index contributed by atoms with van der Waals surface area (Å²) in [7, 11) is 3.61. The van der Waals surface area contributed by atoms with Crippen LogP contribution in [0.15, 0.2) is 60.7 Å². The van der Waals surface area contributed by atoms with Gasteiger partial charge in [-0.25, -0.2) is 9.78 Å². The summed E-state index contributed by atoms with van der Waals surface area (Å²) in [6, 6.07) is 17.6. The molecule has 0 bridgehead atoms. The van der Waals surface area contributed by atoms with Crippen molar-refractivity contribution < 1.29 is 14.6 Å². The van der Waals surface area contributed by atoms with Gasteiger partial charge in [-0.3, -0.25) is 0 Å². The first-order valence-electron chi connectivity index (χ1n) is 9.20. The molecule has 0 spiro atoms. The number of anilines is 1. The Kier molecular flexibility index (Phi) is 5.93. The Bertz CT molecular complexity index is 1060. The summed E-state index contributed by atoms with van der Waals surface area (Å²) in [5, 5.41) is 9.69. The molecule has 6 heteroatoms. The zero-order valence-corrected chi connectivity index (χ0v) is 16.9. The summed E-state index contributed by atoms with van der Waals surface area (Å²) < 4.78 is 6.09. The Balaban J connectivity index is 2.11. The number of carboxylic acids is 1. The quantitative estimate of drug-likeness (QED) is 0.611. The average molecular weight is 389 g/mol. The van der Waals surface area contributed by atoms with Crippen LogP contribution >= 0.6 is 0 Å². The number of allylic oxidation sites excluding steroid dienone is 1. The molecule has 1 aromatic heterocycles. The standard InChI is InChI=1S/C23H23N3O3/c1-5-19(23(27)28)20-21(26(3)4)24-15(2)25-22(20)29-18-13-9-12-17(14-18)16-10-7-6-8-11-16/h5-14H,1-4H3,(H,27,28). The first-order valence-corrected chi connectivity index (χ1v) is 9.20. The van der Waals surface area contributed by atoms with E-state index in [1.807, 2.05) is 54.6 Å². The monoisotopic (exact) mass is 389 g/mol. The van der Waals surface area contributed by atoms with Crippen molar-refractivity contribution in [3.8, 4) is 22.8 Å². The number of aliphatic carboxylic acids is 1. The summed E-state index contributed by atoms with van der Waals surface area (Å²) >= 11 is 0. The van der Waals surface area contributed by atoms with Crippen molar-refractivity contribution in [3.05, 3.63) is 72.1 Å². The SMILES string of the molecule is CC=C(C(=O)O)c1c(Oc2cccc(-c3ccccc3)c2)nc(C)nc1N(C)C. The summed E-state index contributed by atoms with van der Waals surface area (Å²) in [5.41, 5.74) is 2.49. The highest BCUT2D eigenvalue weighted by Gasteiger charge is 2.24. The lowest BCUT2D eigenvalue weighted by molar-refractivity contribution is -0.130. The number of aryl methyl sites for hydroxylation is 1. The molecule has 0 radical (unpaired) electrons. The maximum atomic E-state index is 11.8. The van der Waals surface area contributed by atoms with E-state index in [1.54, 1.807) is 32.8 Å². The molecule has 0 fully saturated rings. The highest BCUT2D eigenvalue weighted by molar-refractivity contribution is 6.17. The van der Waals surface area contributed by atoms with Crippen LogP contribution in [0.1, 0.15) is 18.3 Å². The van der Waals surface area contributed by atoms with Crippen molar-refractivity contribution in [1.82, 2.24) is 9.97 Å². The Morgan fingerprint density at radius 2 is 1.72 bits per heavy atom. The van der Waals surface area contributed by atoms with Crippen molar-refractivity contribution in [1.29, 1.82) is 0 Å². The van der Waals surface area contributed by atoms with Crippen LogP contribution in [-0.2, 0) is 4.79 Å². The minimum absolute atomic E-state index is 0.0860. The van der Waals surface area contributed by atoms with Gasteiger partial charge in [0.1, 0.15) is 17.4 Å². The van der Waals surface area contributed by atoms with Crippen LogP contribution in [0, 0.1) is 6.92 Å². The predicted molar refractivity (Wildman–Crippen MR) is 114 cm³/mol. The van der Waals surface area contributed by atoms with E-state index in [2.05, 4.69) is 9.97 Å². The fourth-order valence-corrected chi connectivity index (χ4v) is 3.02. The van der Waals surface area contributed by atoms with Gasteiger partial charge in [0.25, 0.3) is 0 Å². The van der Waals surface area contributed by atoms with E-state index in [4.69, 9.17) is 4.74 Å². The lowest BCUT2D eigenvalue weighted by Crippen LogP contribution is -2.17. The summed E-state index contributed by atoms with van der Waals surface area (Å²) in [6.45, 7) is 3.42. The number of hydrogen-bond acceptors (Lipinski definition) is 5. The maximum absolute atomic E-state index is 11.8. The highest BCUT2D eigenvalue weighted by atomic mass is 16.5. The molecule has 0 aliphatic rings. The van der Waals surface area contributed by atoms with Crippen molar-refractivity contribution in [2.24, 2.45) is 0 Å². The van der Waals surface area contributed by atoms with Gasteiger partial charge in [-0.2, -0.15) is 4.98 Å². The van der Waals surface area contributed by atoms with E-state index >= 15 is 0 Å². The molecule has 1 heterocycles. The number of ether oxygens (including phenoxy) is 1. The van der Waals surface area contributed by atoms with Crippen molar-refractivity contribution in [2.75, 3.05) is 19.0 Å². The fourth-order valence-electron chi connectivity index (χ4n) is 3.02. The minimum atomic E-state index is -1.06. The highest BCUT2D eigenvalue weighted by Crippen LogP contribution is 2.36. The van der Waals surface area contributed by atoms with Crippen molar-refractivity contribution in [2.45, 2.75) is 13.8 Å². The molecule has 0 saturated heterocycles. The molecule has 3 aromatic rings. The van der Waals surface area contributed by atoms with Crippen molar-refractivity contribution >= 4 is 17.4 Å². The van der Waals surface area contributed by atoms with Gasteiger partial charge in [-0.1, -0.05) is 48.5 Å². The minimum Gasteiger partial charge on any atom is -0.478 e. The number of hydrogen-bond donors (Lipinski definition) is 1. The van der Waals surface area contributed by atoms with Gasteiger partial charge in [0.15, 0.2) is 0 Å². The zero-order chi connectivity index (χ0) is 21.0. The first-order chi connectivity index (χ1) is 13.9. The number of aromatic nitrogens is 2. The summed E-state index contributed by atoms with van der Waals surface area (Å²) in [5.74, 6) is 0.693. The van der Waals surface area contributed by atoms with Crippen molar-refractivity contribution in [3.63, 3.8) is 0 Å². The van der Waals surface area contributed by atoms with E-state index in [-0.39, 0.29) is 11.5 Å². The van der Waals surface area contributed by atoms with Gasteiger partial charge in [-0.15, -0.1) is 0 Å². The first kappa shape index (κ1) is 20.1. The second kappa shape index (κ2) is 8.56. The zero-order valence-electron chi connectivity index (χ0n) is 16.9. The lowest BCUT2D eigenvalue weighted by atomic mass is 10.1. The van der Waals surface area contributed by atoms with Crippen LogP contribution in [0.25, 0.3) is 16.7 Å². The Hall–Kier alpha value is -3.67. The lowest BCUT2D eigenvalue weighted by Gasteiger charge is -2.20. The van der Waals surface area contributed by atoms with Crippen LogP contribution in [0.2, 0.25) is 0 Å².